The Morgan fingerprint density at radius 1 is 1.35 bits per heavy atom. The molecule has 1 N–H and O–H groups in total. The van der Waals surface area contributed by atoms with Gasteiger partial charge in [-0.25, -0.2) is 4.98 Å². The van der Waals surface area contributed by atoms with E-state index in [1.54, 1.807) is 0 Å². The SMILES string of the molecule is CCCNCc1cnc(C)n1Cc1c(Br)c(C)nn1C. The normalized spacial score (nSPS) is 11.2. The molecule has 2 rings (SSSR count). The molecule has 0 aliphatic rings. The van der Waals surface area contributed by atoms with E-state index in [2.05, 4.69) is 42.8 Å². The van der Waals surface area contributed by atoms with Crippen molar-refractivity contribution in [2.45, 2.75) is 40.3 Å². The van der Waals surface area contributed by atoms with E-state index in [0.29, 0.717) is 0 Å². The van der Waals surface area contributed by atoms with E-state index in [1.165, 1.54) is 11.4 Å². The van der Waals surface area contributed by atoms with Crippen LogP contribution in [0.3, 0.4) is 0 Å². The predicted molar refractivity (Wildman–Crippen MR) is 83.7 cm³/mol. The van der Waals surface area contributed by atoms with E-state index in [1.807, 2.05) is 31.8 Å². The second kappa shape index (κ2) is 6.54. The van der Waals surface area contributed by atoms with Gasteiger partial charge in [0.25, 0.3) is 0 Å². The summed E-state index contributed by atoms with van der Waals surface area (Å²) in [6.07, 6.45) is 3.09. The van der Waals surface area contributed by atoms with Crippen molar-refractivity contribution in [2.75, 3.05) is 6.54 Å². The van der Waals surface area contributed by atoms with Gasteiger partial charge >= 0.3 is 0 Å². The number of imidazole rings is 1. The van der Waals surface area contributed by atoms with Gasteiger partial charge in [0.1, 0.15) is 5.82 Å². The van der Waals surface area contributed by atoms with Crippen molar-refractivity contribution in [2.24, 2.45) is 7.05 Å². The van der Waals surface area contributed by atoms with E-state index in [4.69, 9.17) is 0 Å². The van der Waals surface area contributed by atoms with Crippen LogP contribution in [0.15, 0.2) is 10.7 Å². The Bertz CT molecular complexity index is 585. The lowest BCUT2D eigenvalue weighted by molar-refractivity contribution is 0.599. The van der Waals surface area contributed by atoms with Crippen LogP contribution >= 0.6 is 15.9 Å². The van der Waals surface area contributed by atoms with Crippen LogP contribution in [0.2, 0.25) is 0 Å². The van der Waals surface area contributed by atoms with Gasteiger partial charge in [0, 0.05) is 19.8 Å². The summed E-state index contributed by atoms with van der Waals surface area (Å²) in [6, 6.07) is 0. The second-order valence-corrected chi connectivity index (χ2v) is 5.82. The molecule has 0 radical (unpaired) electrons. The van der Waals surface area contributed by atoms with Crippen LogP contribution in [-0.2, 0) is 20.1 Å². The van der Waals surface area contributed by atoms with Crippen molar-refractivity contribution < 1.29 is 0 Å². The molecule has 0 atom stereocenters. The van der Waals surface area contributed by atoms with Crippen LogP contribution in [-0.4, -0.2) is 25.9 Å². The van der Waals surface area contributed by atoms with Crippen molar-refractivity contribution >= 4 is 15.9 Å². The third kappa shape index (κ3) is 3.12. The van der Waals surface area contributed by atoms with Crippen LogP contribution in [0.4, 0.5) is 0 Å². The summed E-state index contributed by atoms with van der Waals surface area (Å²) in [4.78, 5) is 4.44. The van der Waals surface area contributed by atoms with Crippen LogP contribution in [0.25, 0.3) is 0 Å². The highest BCUT2D eigenvalue weighted by atomic mass is 79.9. The van der Waals surface area contributed by atoms with Gasteiger partial charge in [-0.2, -0.15) is 5.10 Å². The molecule has 0 saturated carbocycles. The molecule has 5 nitrogen and oxygen atoms in total. The lowest BCUT2D eigenvalue weighted by atomic mass is 10.3. The molecule has 0 aliphatic heterocycles. The molecular formula is C14H22BrN5. The number of hydrogen-bond donors (Lipinski definition) is 1. The average Bonchev–Trinajstić information content (AvgIpc) is 2.87. The van der Waals surface area contributed by atoms with E-state index in [0.717, 1.165) is 42.0 Å². The fourth-order valence-electron chi connectivity index (χ4n) is 2.27. The molecule has 2 heterocycles. The second-order valence-electron chi connectivity index (χ2n) is 5.03. The van der Waals surface area contributed by atoms with Crippen LogP contribution in [0.5, 0.6) is 0 Å². The summed E-state index contributed by atoms with van der Waals surface area (Å²) in [5.74, 6) is 1.03. The molecule has 6 heteroatoms. The quantitative estimate of drug-likeness (QED) is 0.822. The molecule has 0 unspecified atom stereocenters. The molecule has 20 heavy (non-hydrogen) atoms. The third-order valence-corrected chi connectivity index (χ3v) is 4.47. The monoisotopic (exact) mass is 339 g/mol. The maximum atomic E-state index is 4.45. The fraction of sp³-hybridized carbons (Fsp3) is 0.571. The van der Waals surface area contributed by atoms with Gasteiger partial charge < -0.3 is 9.88 Å². The molecule has 2 aromatic heterocycles. The Hall–Kier alpha value is -1.14. The maximum absolute atomic E-state index is 4.45. The van der Waals surface area contributed by atoms with E-state index in [9.17, 15) is 0 Å². The number of aryl methyl sites for hydroxylation is 3. The topological polar surface area (TPSA) is 47.7 Å². The van der Waals surface area contributed by atoms with Crippen LogP contribution in [0, 0.1) is 13.8 Å². The fourth-order valence-corrected chi connectivity index (χ4v) is 2.73. The summed E-state index contributed by atoms with van der Waals surface area (Å²) in [5.41, 5.74) is 3.40. The lowest BCUT2D eigenvalue weighted by Gasteiger charge is -2.11. The summed E-state index contributed by atoms with van der Waals surface area (Å²) in [6.45, 7) is 8.89. The van der Waals surface area contributed by atoms with E-state index >= 15 is 0 Å². The minimum absolute atomic E-state index is 0.785. The minimum atomic E-state index is 0.785. The molecule has 0 amide bonds. The first-order valence-electron chi connectivity index (χ1n) is 6.94. The highest BCUT2D eigenvalue weighted by molar-refractivity contribution is 9.10. The van der Waals surface area contributed by atoms with E-state index < -0.39 is 0 Å². The molecule has 0 aromatic carbocycles. The Morgan fingerprint density at radius 2 is 2.10 bits per heavy atom. The Kier molecular flexibility index (Phi) is 4.99. The predicted octanol–water partition coefficient (Wildman–Crippen LogP) is 2.54. The van der Waals surface area contributed by atoms with Crippen molar-refractivity contribution in [3.8, 4) is 0 Å². The zero-order valence-corrected chi connectivity index (χ0v) is 14.2. The number of halogens is 1. The summed E-state index contributed by atoms with van der Waals surface area (Å²) < 4.78 is 5.26. The summed E-state index contributed by atoms with van der Waals surface area (Å²) in [5, 5.41) is 7.88. The summed E-state index contributed by atoms with van der Waals surface area (Å²) in [7, 11) is 1.98. The molecule has 0 spiro atoms. The smallest absolute Gasteiger partial charge is 0.106 e. The molecule has 0 fully saturated rings. The zero-order chi connectivity index (χ0) is 14.7. The van der Waals surface area contributed by atoms with Gasteiger partial charge in [-0.05, 0) is 42.7 Å². The zero-order valence-electron chi connectivity index (χ0n) is 12.6. The Balaban J connectivity index is 2.22. The van der Waals surface area contributed by atoms with Gasteiger partial charge in [-0.3, -0.25) is 4.68 Å². The number of hydrogen-bond acceptors (Lipinski definition) is 3. The van der Waals surface area contributed by atoms with Gasteiger partial charge in [0.15, 0.2) is 0 Å². The van der Waals surface area contributed by atoms with E-state index in [-0.39, 0.29) is 0 Å². The molecule has 0 saturated heterocycles. The summed E-state index contributed by atoms with van der Waals surface area (Å²) >= 11 is 3.63. The maximum Gasteiger partial charge on any atom is 0.106 e. The van der Waals surface area contributed by atoms with Gasteiger partial charge in [0.2, 0.25) is 0 Å². The van der Waals surface area contributed by atoms with Crippen molar-refractivity contribution in [3.63, 3.8) is 0 Å². The standard InChI is InChI=1S/C14H22BrN5/c1-5-6-16-7-12-8-17-11(3)20(12)9-13-14(15)10(2)18-19(13)4/h8,16H,5-7,9H2,1-4H3. The number of rotatable bonds is 6. The average molecular weight is 340 g/mol. The third-order valence-electron chi connectivity index (χ3n) is 3.44. The first-order chi connectivity index (χ1) is 9.54. The largest absolute Gasteiger partial charge is 0.325 e. The van der Waals surface area contributed by atoms with Gasteiger partial charge in [0.05, 0.1) is 28.1 Å². The molecule has 0 aliphatic carbocycles. The van der Waals surface area contributed by atoms with Crippen molar-refractivity contribution in [3.05, 3.63) is 33.6 Å². The number of nitrogens with zero attached hydrogens (tertiary/aromatic N) is 4. The van der Waals surface area contributed by atoms with Crippen LogP contribution in [0.1, 0.15) is 36.3 Å². The first kappa shape index (κ1) is 15.3. The molecule has 0 bridgehead atoms. The lowest BCUT2D eigenvalue weighted by Crippen LogP contribution is -2.18. The Labute approximate surface area is 128 Å². The van der Waals surface area contributed by atoms with Crippen molar-refractivity contribution in [1.82, 2.24) is 24.6 Å². The first-order valence-corrected chi connectivity index (χ1v) is 7.73. The highest BCUT2D eigenvalue weighted by Gasteiger charge is 2.14. The van der Waals surface area contributed by atoms with Gasteiger partial charge in [-0.15, -0.1) is 0 Å². The Morgan fingerprint density at radius 3 is 2.70 bits per heavy atom. The number of nitrogens with one attached hydrogen (secondary N) is 1. The van der Waals surface area contributed by atoms with Crippen LogP contribution < -0.4 is 5.32 Å². The number of aromatic nitrogens is 4. The minimum Gasteiger partial charge on any atom is -0.325 e. The van der Waals surface area contributed by atoms with Gasteiger partial charge in [-0.1, -0.05) is 6.92 Å². The molecule has 110 valence electrons. The highest BCUT2D eigenvalue weighted by Crippen LogP contribution is 2.22. The molecule has 2 aromatic rings. The van der Waals surface area contributed by atoms with Crippen molar-refractivity contribution in [1.29, 1.82) is 0 Å². The molecular weight excluding hydrogens is 318 g/mol.